The maximum absolute atomic E-state index is 12.0. The molecule has 0 spiro atoms. The van der Waals surface area contributed by atoms with Gasteiger partial charge in [0.05, 0.1) is 13.2 Å². The predicted molar refractivity (Wildman–Crippen MR) is 104 cm³/mol. The summed E-state index contributed by atoms with van der Waals surface area (Å²) in [6.45, 7) is 0.972. The van der Waals surface area contributed by atoms with Gasteiger partial charge in [0.15, 0.2) is 6.61 Å². The van der Waals surface area contributed by atoms with E-state index in [-0.39, 0.29) is 12.6 Å². The smallest absolute Gasteiger partial charge is 0.325 e. The van der Waals surface area contributed by atoms with Crippen molar-refractivity contribution in [2.75, 3.05) is 20.3 Å². The third-order valence-electron chi connectivity index (χ3n) is 3.86. The molecule has 0 saturated carbocycles. The van der Waals surface area contributed by atoms with E-state index in [2.05, 4.69) is 10.6 Å². The average molecular weight is 405 g/mol. The summed E-state index contributed by atoms with van der Waals surface area (Å²) in [4.78, 5) is 35.6. The van der Waals surface area contributed by atoms with E-state index in [0.29, 0.717) is 16.3 Å². The molecule has 1 atom stereocenters. The van der Waals surface area contributed by atoms with Crippen molar-refractivity contribution < 1.29 is 23.9 Å². The molecule has 7 nitrogen and oxygen atoms in total. The highest BCUT2D eigenvalue weighted by molar-refractivity contribution is 6.31. The molecular weight excluding hydrogens is 384 g/mol. The number of esters is 1. The van der Waals surface area contributed by atoms with Crippen molar-refractivity contribution in [3.63, 3.8) is 0 Å². The van der Waals surface area contributed by atoms with Gasteiger partial charge in [-0.15, -0.1) is 0 Å². The molecule has 0 aliphatic carbocycles. The molecule has 148 valence electrons. The van der Waals surface area contributed by atoms with Crippen molar-refractivity contribution in [2.45, 2.75) is 13.0 Å². The van der Waals surface area contributed by atoms with E-state index in [1.165, 1.54) is 7.11 Å². The molecule has 2 N–H and O–H groups in total. The molecule has 2 aromatic rings. The Morgan fingerprint density at radius 3 is 2.39 bits per heavy atom. The molecular formula is C20H21ClN2O5. The molecule has 0 fully saturated rings. The Bertz CT molecular complexity index is 839. The van der Waals surface area contributed by atoms with Gasteiger partial charge in [0.2, 0.25) is 0 Å². The molecule has 0 radical (unpaired) electrons. The van der Waals surface area contributed by atoms with E-state index in [0.717, 1.165) is 5.56 Å². The zero-order valence-electron chi connectivity index (χ0n) is 15.5. The van der Waals surface area contributed by atoms with E-state index in [1.807, 2.05) is 6.07 Å². The first-order chi connectivity index (χ1) is 13.4. The lowest BCUT2D eigenvalue weighted by molar-refractivity contribution is -0.147. The fourth-order valence-electron chi connectivity index (χ4n) is 2.38. The number of benzene rings is 2. The molecule has 0 heterocycles. The number of hydrogen-bond acceptors (Lipinski definition) is 5. The molecule has 2 rings (SSSR count). The molecule has 0 bridgehead atoms. The summed E-state index contributed by atoms with van der Waals surface area (Å²) in [5.74, 6) is -1.01. The van der Waals surface area contributed by atoms with Crippen LogP contribution in [-0.2, 0) is 14.3 Å². The van der Waals surface area contributed by atoms with Crippen LogP contribution in [0, 0.1) is 0 Å². The predicted octanol–water partition coefficient (Wildman–Crippen LogP) is 2.50. The highest BCUT2D eigenvalue weighted by Gasteiger charge is 2.14. The Morgan fingerprint density at radius 2 is 1.75 bits per heavy atom. The zero-order valence-corrected chi connectivity index (χ0v) is 16.3. The van der Waals surface area contributed by atoms with Crippen LogP contribution in [0.1, 0.15) is 28.9 Å². The minimum absolute atomic E-state index is 0.338. The van der Waals surface area contributed by atoms with Crippen LogP contribution in [0.3, 0.4) is 0 Å². The van der Waals surface area contributed by atoms with Crippen LogP contribution in [-0.4, -0.2) is 38.0 Å². The molecule has 0 aromatic heterocycles. The first kappa shape index (κ1) is 21.2. The van der Waals surface area contributed by atoms with Gasteiger partial charge in [-0.1, -0.05) is 29.8 Å². The van der Waals surface area contributed by atoms with Crippen LogP contribution in [0.4, 0.5) is 0 Å². The lowest BCUT2D eigenvalue weighted by Crippen LogP contribution is -2.34. The Labute approximate surface area is 168 Å². The highest BCUT2D eigenvalue weighted by Crippen LogP contribution is 2.21. The number of nitrogens with one attached hydrogen (secondary N) is 2. The number of carbonyl (C=O) groups is 3. The quantitative estimate of drug-likeness (QED) is 0.659. The van der Waals surface area contributed by atoms with Gasteiger partial charge in [-0.3, -0.25) is 14.4 Å². The minimum Gasteiger partial charge on any atom is -0.497 e. The number of amides is 2. The summed E-state index contributed by atoms with van der Waals surface area (Å²) in [5, 5.41) is 5.66. The second-order valence-electron chi connectivity index (χ2n) is 5.88. The van der Waals surface area contributed by atoms with E-state index in [4.69, 9.17) is 21.1 Å². The Morgan fingerprint density at radius 1 is 1.07 bits per heavy atom. The van der Waals surface area contributed by atoms with E-state index in [1.54, 1.807) is 49.4 Å². The van der Waals surface area contributed by atoms with Crippen molar-refractivity contribution in [2.24, 2.45) is 0 Å². The van der Waals surface area contributed by atoms with Crippen LogP contribution in [0.25, 0.3) is 0 Å². The second-order valence-corrected chi connectivity index (χ2v) is 6.29. The standard InChI is InChI=1S/C20H21ClN2O5/c1-13(16-5-3-4-6-17(16)21)23-18(24)12-28-19(25)11-22-20(26)14-7-9-15(27-2)10-8-14/h3-10,13H,11-12H2,1-2H3,(H,22,26)(H,23,24)/t13-/m0/s1. The van der Waals surface area contributed by atoms with Gasteiger partial charge in [0.1, 0.15) is 12.3 Å². The minimum atomic E-state index is -0.720. The highest BCUT2D eigenvalue weighted by atomic mass is 35.5. The van der Waals surface area contributed by atoms with Crippen LogP contribution in [0.15, 0.2) is 48.5 Å². The van der Waals surface area contributed by atoms with E-state index < -0.39 is 24.4 Å². The van der Waals surface area contributed by atoms with Crippen LogP contribution < -0.4 is 15.4 Å². The molecule has 0 saturated heterocycles. The van der Waals surface area contributed by atoms with Gasteiger partial charge in [-0.2, -0.15) is 0 Å². The Kier molecular flexibility index (Phi) is 7.83. The third-order valence-corrected chi connectivity index (χ3v) is 4.20. The van der Waals surface area contributed by atoms with Gasteiger partial charge in [-0.05, 0) is 42.8 Å². The zero-order chi connectivity index (χ0) is 20.5. The van der Waals surface area contributed by atoms with Crippen LogP contribution >= 0.6 is 11.6 Å². The number of rotatable bonds is 8. The van der Waals surface area contributed by atoms with E-state index >= 15 is 0 Å². The molecule has 0 unspecified atom stereocenters. The number of methoxy groups -OCH3 is 1. The SMILES string of the molecule is COc1ccc(C(=O)NCC(=O)OCC(=O)N[C@@H](C)c2ccccc2Cl)cc1. The molecule has 28 heavy (non-hydrogen) atoms. The van der Waals surface area contributed by atoms with Crippen molar-refractivity contribution >= 4 is 29.4 Å². The first-order valence-electron chi connectivity index (χ1n) is 8.52. The van der Waals surface area contributed by atoms with Crippen molar-refractivity contribution in [3.8, 4) is 5.75 Å². The van der Waals surface area contributed by atoms with Crippen molar-refractivity contribution in [1.29, 1.82) is 0 Å². The third kappa shape index (κ3) is 6.28. The first-order valence-corrected chi connectivity index (χ1v) is 8.90. The lowest BCUT2D eigenvalue weighted by Gasteiger charge is -2.15. The number of halogens is 1. The van der Waals surface area contributed by atoms with Crippen molar-refractivity contribution in [3.05, 3.63) is 64.7 Å². The van der Waals surface area contributed by atoms with Gasteiger partial charge < -0.3 is 20.1 Å². The molecule has 0 aliphatic heterocycles. The maximum atomic E-state index is 12.0. The van der Waals surface area contributed by atoms with Gasteiger partial charge in [-0.25, -0.2) is 0 Å². The summed E-state index contributed by atoms with van der Waals surface area (Å²) >= 11 is 6.08. The average Bonchev–Trinajstić information content (AvgIpc) is 2.70. The summed E-state index contributed by atoms with van der Waals surface area (Å²) < 4.78 is 9.89. The molecule has 0 aliphatic rings. The number of carbonyl (C=O) groups excluding carboxylic acids is 3. The Balaban J connectivity index is 1.73. The number of hydrogen-bond donors (Lipinski definition) is 2. The topological polar surface area (TPSA) is 93.7 Å². The van der Waals surface area contributed by atoms with Gasteiger partial charge in [0.25, 0.3) is 11.8 Å². The van der Waals surface area contributed by atoms with Crippen LogP contribution in [0.2, 0.25) is 5.02 Å². The molecule has 8 heteroatoms. The van der Waals surface area contributed by atoms with Crippen LogP contribution in [0.5, 0.6) is 5.75 Å². The van der Waals surface area contributed by atoms with Gasteiger partial charge >= 0.3 is 5.97 Å². The van der Waals surface area contributed by atoms with Gasteiger partial charge in [0, 0.05) is 10.6 Å². The normalized spacial score (nSPS) is 11.2. The second kappa shape index (κ2) is 10.3. The Hall–Kier alpha value is -3.06. The van der Waals surface area contributed by atoms with Crippen molar-refractivity contribution in [1.82, 2.24) is 10.6 Å². The largest absolute Gasteiger partial charge is 0.497 e. The summed E-state index contributed by atoms with van der Waals surface area (Å²) in [6, 6.07) is 13.2. The molecule has 2 aromatic carbocycles. The fourth-order valence-corrected chi connectivity index (χ4v) is 2.68. The number of ether oxygens (including phenoxy) is 2. The molecule has 2 amide bonds. The summed E-state index contributed by atoms with van der Waals surface area (Å²) in [7, 11) is 1.52. The fraction of sp³-hybridized carbons (Fsp3) is 0.250. The summed E-state index contributed by atoms with van der Waals surface area (Å²) in [6.07, 6.45) is 0. The maximum Gasteiger partial charge on any atom is 0.325 e. The van der Waals surface area contributed by atoms with E-state index in [9.17, 15) is 14.4 Å². The lowest BCUT2D eigenvalue weighted by atomic mass is 10.1. The summed E-state index contributed by atoms with van der Waals surface area (Å²) in [5.41, 5.74) is 1.13. The monoisotopic (exact) mass is 404 g/mol.